The molecule has 82 heavy (non-hydrogen) atoms. The van der Waals surface area contributed by atoms with Crippen LogP contribution >= 0.6 is 47.0 Å². The van der Waals surface area contributed by atoms with Gasteiger partial charge >= 0.3 is 0 Å². The maximum Gasteiger partial charge on any atom is 0.164 e. The van der Waals surface area contributed by atoms with Gasteiger partial charge in [-0.05, 0) is 37.6 Å². The Hall–Kier alpha value is -4.53. The zero-order valence-corrected chi connectivity index (χ0v) is 48.9. The van der Waals surface area contributed by atoms with Gasteiger partial charge in [0.05, 0.1) is 79.6 Å². The number of amidine groups is 4. The number of ether oxygens (including phenoxy) is 4. The highest BCUT2D eigenvalue weighted by Crippen LogP contribution is 2.50. The van der Waals surface area contributed by atoms with Crippen LogP contribution in [0.15, 0.2) is 105 Å². The summed E-state index contributed by atoms with van der Waals surface area (Å²) in [5.74, 6) is -0.835. The van der Waals surface area contributed by atoms with Crippen molar-refractivity contribution in [3.8, 4) is 0 Å². The predicted octanol–water partition coefficient (Wildman–Crippen LogP) is 9.74. The monoisotopic (exact) mass is 1220 g/mol. The highest BCUT2D eigenvalue weighted by atomic mass is 32.2. The third kappa shape index (κ3) is 11.9. The Morgan fingerprint density at radius 2 is 0.805 bits per heavy atom. The second kappa shape index (κ2) is 27.2. The number of rotatable bonds is 7. The molecule has 12 atom stereocenters. The van der Waals surface area contributed by atoms with Crippen molar-refractivity contribution in [2.45, 2.75) is 74.3 Å². The summed E-state index contributed by atoms with van der Waals surface area (Å²) in [5.41, 5.74) is -1.04. The summed E-state index contributed by atoms with van der Waals surface area (Å²) in [6.07, 6.45) is 0.132. The van der Waals surface area contributed by atoms with E-state index in [4.69, 9.17) is 18.9 Å². The van der Waals surface area contributed by atoms with E-state index < -0.39 is 58.2 Å². The molecule has 8 aliphatic rings. The van der Waals surface area contributed by atoms with Gasteiger partial charge in [0, 0.05) is 97.1 Å². The lowest BCUT2D eigenvalue weighted by molar-refractivity contribution is 0.0435. The minimum Gasteiger partial charge on any atom is -0.394 e. The molecule has 0 bridgehead atoms. The normalized spacial score (nSPS) is 34.2. The number of aliphatic hydroxyl groups is 1. The Labute approximate surface area is 492 Å². The van der Waals surface area contributed by atoms with Crippen LogP contribution in [0.5, 0.6) is 0 Å². The lowest BCUT2D eigenvalue weighted by Crippen LogP contribution is -2.56. The Kier molecular flexibility index (Phi) is 21.1. The molecule has 8 heterocycles. The molecular weight excluding hydrogens is 1150 g/mol. The van der Waals surface area contributed by atoms with Crippen LogP contribution in [-0.2, 0) is 41.1 Å². The van der Waals surface area contributed by atoms with Crippen molar-refractivity contribution < 1.29 is 54.8 Å². The minimum absolute atomic E-state index is 0. The molecule has 13 nitrogen and oxygen atoms in total. The molecule has 0 saturated carbocycles. The van der Waals surface area contributed by atoms with Gasteiger partial charge in [-0.1, -0.05) is 122 Å². The van der Waals surface area contributed by atoms with Gasteiger partial charge in [-0.3, -0.25) is 20.0 Å². The molecule has 0 unspecified atom stereocenters. The van der Waals surface area contributed by atoms with Gasteiger partial charge in [0.2, 0.25) is 0 Å². The van der Waals surface area contributed by atoms with Crippen molar-refractivity contribution in [3.05, 3.63) is 142 Å². The quantitative estimate of drug-likeness (QED) is 0.112. The van der Waals surface area contributed by atoms with Crippen LogP contribution in [-0.4, -0.2) is 141 Å². The number of benzene rings is 4. The maximum atomic E-state index is 14.4. The summed E-state index contributed by atoms with van der Waals surface area (Å²) in [4.78, 5) is 16.7. The molecule has 8 saturated heterocycles. The van der Waals surface area contributed by atoms with Crippen LogP contribution in [0.2, 0.25) is 0 Å². The van der Waals surface area contributed by atoms with E-state index in [0.29, 0.717) is 47.4 Å². The fraction of sp³-hybridized carbons (Fsp3) is 0.517. The zero-order chi connectivity index (χ0) is 57.7. The van der Waals surface area contributed by atoms with E-state index in [1.807, 2.05) is 18.2 Å². The number of hydrogen-bond acceptors (Lipinski definition) is 13. The molecule has 12 rings (SSSR count). The zero-order valence-electron chi connectivity index (χ0n) is 45.6. The molecule has 24 heteroatoms. The van der Waals surface area contributed by atoms with Crippen LogP contribution in [0.1, 0.15) is 49.9 Å². The first-order valence-electron chi connectivity index (χ1n) is 26.7. The summed E-state index contributed by atoms with van der Waals surface area (Å²) >= 11 is 6.30. The molecule has 5 N–H and O–H groups in total. The van der Waals surface area contributed by atoms with Gasteiger partial charge in [0.1, 0.15) is 18.3 Å². The summed E-state index contributed by atoms with van der Waals surface area (Å²) in [7, 11) is 6.78. The number of halogens is 7. The van der Waals surface area contributed by atoms with Gasteiger partial charge in [0.25, 0.3) is 0 Å². The van der Waals surface area contributed by atoms with Crippen LogP contribution < -0.4 is 21.3 Å². The average molecular weight is 1220 g/mol. The smallest absolute Gasteiger partial charge is 0.164 e. The maximum absolute atomic E-state index is 14.4. The molecule has 8 aliphatic heterocycles. The summed E-state index contributed by atoms with van der Waals surface area (Å²) in [6.45, 7) is 4.65. The van der Waals surface area contributed by atoms with E-state index in [9.17, 15) is 35.8 Å². The van der Waals surface area contributed by atoms with Gasteiger partial charge in [0.15, 0.2) is 43.9 Å². The lowest BCUT2D eigenvalue weighted by atomic mass is 9.77. The number of fused-ring (bicyclic) bond motifs is 4. The molecule has 0 spiro atoms. The van der Waals surface area contributed by atoms with E-state index in [1.54, 1.807) is 93.8 Å². The third-order valence-electron chi connectivity index (χ3n) is 16.6. The molecule has 4 aromatic carbocycles. The molecule has 8 fully saturated rings. The second-order valence-corrected chi connectivity index (χ2v) is 24.7. The van der Waals surface area contributed by atoms with Crippen molar-refractivity contribution >= 4 is 67.7 Å². The van der Waals surface area contributed by atoms with Crippen LogP contribution in [0.3, 0.4) is 0 Å². The molecule has 446 valence electrons. The van der Waals surface area contributed by atoms with Crippen LogP contribution in [0, 0.1) is 58.6 Å². The van der Waals surface area contributed by atoms with Crippen molar-refractivity contribution in [3.63, 3.8) is 0 Å². The van der Waals surface area contributed by atoms with E-state index >= 15 is 0 Å². The second-order valence-electron chi connectivity index (χ2n) is 20.6. The first kappa shape index (κ1) is 63.5. The van der Waals surface area contributed by atoms with Crippen molar-refractivity contribution in [2.24, 2.45) is 43.6 Å². The van der Waals surface area contributed by atoms with Crippen molar-refractivity contribution in [1.82, 2.24) is 21.3 Å². The molecular formula is C58H71F7N8O5S4. The molecule has 0 aliphatic carbocycles. The number of thioether (sulfide) groups is 4. The Morgan fingerprint density at radius 3 is 1.21 bits per heavy atom. The van der Waals surface area contributed by atoms with Gasteiger partial charge in [-0.15, -0.1) is 0 Å². The van der Waals surface area contributed by atoms with Crippen molar-refractivity contribution in [2.75, 3.05) is 90.9 Å². The predicted molar refractivity (Wildman–Crippen MR) is 317 cm³/mol. The van der Waals surface area contributed by atoms with E-state index in [2.05, 4.69) is 55.1 Å². The Balaban J connectivity index is 0.000000143. The van der Waals surface area contributed by atoms with Gasteiger partial charge < -0.3 is 45.3 Å². The first-order chi connectivity index (χ1) is 39.1. The van der Waals surface area contributed by atoms with E-state index in [-0.39, 0.29) is 79.8 Å². The number of alkyl halides is 1. The number of aliphatic imine (C=N–C) groups is 4. The standard InChI is InChI=1S/C15H18F2N2OS.C14H15F3N2OS.C14H17FN2O2S.C14H17FN2OS.CH4/c1-3-12-10-7-21-14(18-2)19-15(10,8-20-12)9-5-4-6-11(16)13(9)17;1-18-13-19-14(8-3-2-4-10(16)12(8)17)7-20-11(5-15)9(14)6-21-13;1-16-13-17-14(9-4-2-3-5-11(9)15)8-19-12(6-18)10(14)7-20-13;1-9-11-7-19-13(16-2)17-14(11,8-18-9)10-5-3-4-6-12(10)15;/h4-6,10,12H,3,7-8H2,1-2H3,(H,18,19);2-4,9,11H,5-7H2,1H3,(H,18,19);2-5,10,12,18H,6-8H2,1H3,(H,16,17);3-6,9,11H,7-8H2,1-2H3,(H,16,17);1H4/t10-,12-,15-;9-,11-,14-;10-,12-,14-;9-,11-,14-;/m1111./s1. The fourth-order valence-electron chi connectivity index (χ4n) is 12.3. The fourth-order valence-corrected chi connectivity index (χ4v) is 17.2. The highest BCUT2D eigenvalue weighted by molar-refractivity contribution is 8.14. The van der Waals surface area contributed by atoms with E-state index in [1.165, 1.54) is 36.0 Å². The van der Waals surface area contributed by atoms with Gasteiger partial charge in [-0.2, -0.15) is 0 Å². The number of aliphatic hydroxyl groups excluding tert-OH is 1. The van der Waals surface area contributed by atoms with Crippen molar-refractivity contribution in [1.29, 1.82) is 0 Å². The Bertz CT molecular complexity index is 2910. The number of nitrogens with zero attached hydrogens (tertiary/aromatic N) is 4. The number of hydrogen-bond donors (Lipinski definition) is 5. The van der Waals surface area contributed by atoms with Crippen LogP contribution in [0.25, 0.3) is 0 Å². The molecule has 4 aromatic rings. The van der Waals surface area contributed by atoms with Gasteiger partial charge in [-0.25, -0.2) is 30.7 Å². The Morgan fingerprint density at radius 1 is 0.476 bits per heavy atom. The summed E-state index contributed by atoms with van der Waals surface area (Å²) < 4.78 is 120. The topological polar surface area (TPSA) is 155 Å². The average Bonchev–Trinajstić information content (AvgIpc) is 2.54. The van der Waals surface area contributed by atoms with Crippen LogP contribution in [0.4, 0.5) is 30.7 Å². The first-order valence-corrected chi connectivity index (χ1v) is 30.6. The highest BCUT2D eigenvalue weighted by Gasteiger charge is 2.58. The number of nitrogens with one attached hydrogen (secondary N) is 4. The minimum atomic E-state index is -0.969. The third-order valence-corrected chi connectivity index (χ3v) is 21.0. The van der Waals surface area contributed by atoms with E-state index in [0.717, 1.165) is 51.3 Å². The largest absolute Gasteiger partial charge is 0.394 e. The molecule has 0 amide bonds. The SMILES string of the molecule is C.CC[C@H]1OC[C@]2(c3cccc(F)c3F)NC(=NC)SC[C@H]12.CN=C1N[C@@]2(c3cccc(F)c3F)CO[C@H](CF)[C@H]2CS1.CN=C1N[C@@]2(c3ccccc3F)CO[C@H](C)[C@H]2CS1.CN=C1N[C@@]2(c3ccccc3F)CO[C@H](CO)[C@H]2CS1. The summed E-state index contributed by atoms with van der Waals surface area (Å²) in [5, 5.41) is 25.7. The lowest BCUT2D eigenvalue weighted by Gasteiger charge is -2.41. The molecule has 0 radical (unpaired) electrons. The summed E-state index contributed by atoms with van der Waals surface area (Å²) in [6, 6.07) is 22.1. The molecule has 0 aromatic heterocycles.